The second-order valence-corrected chi connectivity index (χ2v) is 7.82. The molecule has 2 rings (SSSR count). The van der Waals surface area contributed by atoms with Crippen LogP contribution in [0.15, 0.2) is 60.7 Å². The lowest BCUT2D eigenvalue weighted by molar-refractivity contribution is -0.140. The standard InChI is InChI=1S/C24H30N2O5/c1-17(2)13-21(23(28)29)25-15-22(27)20(14-18-9-5-3-6-10-18)26-24(30)31-16-19-11-7-4-8-12-19/h3-12,17,20-21,25H,13-16H2,1-2H3,(H,26,30)(H,28,29). The summed E-state index contributed by atoms with van der Waals surface area (Å²) in [6.07, 6.45) is -0.0162. The number of aliphatic carboxylic acids is 1. The average molecular weight is 427 g/mol. The molecule has 0 saturated carbocycles. The maximum Gasteiger partial charge on any atom is 0.408 e. The Kier molecular flexibility index (Phi) is 9.71. The van der Waals surface area contributed by atoms with E-state index in [4.69, 9.17) is 4.74 Å². The first-order valence-electron chi connectivity index (χ1n) is 10.3. The molecule has 31 heavy (non-hydrogen) atoms. The lowest BCUT2D eigenvalue weighted by Crippen LogP contribution is -2.49. The van der Waals surface area contributed by atoms with Crippen LogP contribution in [0.4, 0.5) is 4.79 Å². The third-order valence-electron chi connectivity index (χ3n) is 4.70. The van der Waals surface area contributed by atoms with Gasteiger partial charge in [0.25, 0.3) is 0 Å². The Morgan fingerprint density at radius 3 is 2.03 bits per heavy atom. The Labute approximate surface area is 182 Å². The minimum Gasteiger partial charge on any atom is -0.480 e. The topological polar surface area (TPSA) is 105 Å². The SMILES string of the molecule is CC(C)CC(NCC(=O)C(Cc1ccccc1)NC(=O)OCc1ccccc1)C(=O)O. The number of amides is 1. The van der Waals surface area contributed by atoms with Gasteiger partial charge < -0.3 is 15.2 Å². The average Bonchev–Trinajstić information content (AvgIpc) is 2.75. The molecule has 7 heteroatoms. The van der Waals surface area contributed by atoms with Gasteiger partial charge in [-0.25, -0.2) is 4.79 Å². The van der Waals surface area contributed by atoms with E-state index >= 15 is 0 Å². The van der Waals surface area contributed by atoms with Crippen LogP contribution in [0.1, 0.15) is 31.4 Å². The molecule has 3 N–H and O–H groups in total. The number of hydrogen-bond acceptors (Lipinski definition) is 5. The molecule has 0 fully saturated rings. The minimum absolute atomic E-state index is 0.0899. The summed E-state index contributed by atoms with van der Waals surface area (Å²) in [5.74, 6) is -1.15. The highest BCUT2D eigenvalue weighted by molar-refractivity contribution is 5.89. The molecule has 0 aromatic heterocycles. The van der Waals surface area contributed by atoms with Crippen molar-refractivity contribution >= 4 is 17.8 Å². The number of carbonyl (C=O) groups is 3. The van der Waals surface area contributed by atoms with Gasteiger partial charge in [-0.05, 0) is 29.9 Å². The number of carboxylic acids is 1. The first-order valence-corrected chi connectivity index (χ1v) is 10.3. The normalized spacial score (nSPS) is 12.7. The van der Waals surface area contributed by atoms with Crippen molar-refractivity contribution < 1.29 is 24.2 Å². The molecule has 7 nitrogen and oxygen atoms in total. The number of nitrogens with one attached hydrogen (secondary N) is 2. The van der Waals surface area contributed by atoms with E-state index in [-0.39, 0.29) is 31.3 Å². The molecule has 2 unspecified atom stereocenters. The second kappa shape index (κ2) is 12.5. The van der Waals surface area contributed by atoms with Crippen LogP contribution < -0.4 is 10.6 Å². The molecule has 0 aliphatic heterocycles. The quantitative estimate of drug-likeness (QED) is 0.481. The van der Waals surface area contributed by atoms with E-state index < -0.39 is 24.1 Å². The van der Waals surface area contributed by atoms with Crippen LogP contribution in [0.25, 0.3) is 0 Å². The number of carbonyl (C=O) groups excluding carboxylic acids is 2. The number of benzene rings is 2. The summed E-state index contributed by atoms with van der Waals surface area (Å²) < 4.78 is 5.25. The van der Waals surface area contributed by atoms with Crippen LogP contribution in [-0.2, 0) is 27.4 Å². The Bertz CT molecular complexity index is 840. The highest BCUT2D eigenvalue weighted by Crippen LogP contribution is 2.08. The van der Waals surface area contributed by atoms with Gasteiger partial charge in [-0.1, -0.05) is 74.5 Å². The maximum absolute atomic E-state index is 12.8. The van der Waals surface area contributed by atoms with Crippen molar-refractivity contribution in [3.8, 4) is 0 Å². The summed E-state index contributed by atoms with van der Waals surface area (Å²) in [5, 5.41) is 14.8. The van der Waals surface area contributed by atoms with E-state index in [1.54, 1.807) is 0 Å². The number of ether oxygens (including phenoxy) is 1. The largest absolute Gasteiger partial charge is 0.480 e. The Hall–Kier alpha value is -3.19. The van der Waals surface area contributed by atoms with Crippen molar-refractivity contribution in [3.05, 3.63) is 71.8 Å². The second-order valence-electron chi connectivity index (χ2n) is 7.82. The Balaban J connectivity index is 2.00. The van der Waals surface area contributed by atoms with Crippen molar-refractivity contribution in [2.75, 3.05) is 6.54 Å². The van der Waals surface area contributed by atoms with Crippen LogP contribution >= 0.6 is 0 Å². The van der Waals surface area contributed by atoms with Gasteiger partial charge in [0.05, 0.1) is 12.6 Å². The molecule has 0 heterocycles. The number of Topliss-reactive ketones (excluding diaryl/α,β-unsaturated/α-hetero) is 1. The van der Waals surface area contributed by atoms with Crippen molar-refractivity contribution in [1.82, 2.24) is 10.6 Å². The molecular formula is C24H30N2O5. The van der Waals surface area contributed by atoms with Gasteiger partial charge in [-0.3, -0.25) is 14.9 Å². The Morgan fingerprint density at radius 1 is 0.903 bits per heavy atom. The van der Waals surface area contributed by atoms with E-state index in [0.29, 0.717) is 6.42 Å². The monoisotopic (exact) mass is 426 g/mol. The zero-order valence-corrected chi connectivity index (χ0v) is 17.9. The highest BCUT2D eigenvalue weighted by Gasteiger charge is 2.25. The molecule has 0 aliphatic carbocycles. The van der Waals surface area contributed by atoms with Crippen LogP contribution in [0.2, 0.25) is 0 Å². The predicted octanol–water partition coefficient (Wildman–Crippen LogP) is 3.18. The van der Waals surface area contributed by atoms with Gasteiger partial charge in [0, 0.05) is 0 Å². The fourth-order valence-corrected chi connectivity index (χ4v) is 3.09. The van der Waals surface area contributed by atoms with Crippen LogP contribution in [0, 0.1) is 5.92 Å². The van der Waals surface area contributed by atoms with Crippen LogP contribution in [0.3, 0.4) is 0 Å². The summed E-state index contributed by atoms with van der Waals surface area (Å²) in [7, 11) is 0. The van der Waals surface area contributed by atoms with Crippen molar-refractivity contribution in [2.45, 2.75) is 45.4 Å². The molecular weight excluding hydrogens is 396 g/mol. The predicted molar refractivity (Wildman–Crippen MR) is 118 cm³/mol. The molecule has 166 valence electrons. The molecule has 2 atom stereocenters. The van der Waals surface area contributed by atoms with E-state index in [1.807, 2.05) is 74.5 Å². The summed E-state index contributed by atoms with van der Waals surface area (Å²) in [6.45, 7) is 3.76. The van der Waals surface area contributed by atoms with Gasteiger partial charge in [-0.15, -0.1) is 0 Å². The number of carboxylic acid groups (broad SMARTS) is 1. The molecule has 2 aromatic rings. The van der Waals surface area contributed by atoms with Crippen LogP contribution in [-0.4, -0.2) is 41.6 Å². The number of ketones is 1. The first-order chi connectivity index (χ1) is 14.8. The Morgan fingerprint density at radius 2 is 1.48 bits per heavy atom. The molecule has 0 saturated heterocycles. The minimum atomic E-state index is -1.00. The lowest BCUT2D eigenvalue weighted by atomic mass is 10.0. The number of hydrogen-bond donors (Lipinski definition) is 3. The number of alkyl carbamates (subject to hydrolysis) is 1. The molecule has 2 aromatic carbocycles. The van der Waals surface area contributed by atoms with Crippen molar-refractivity contribution in [3.63, 3.8) is 0 Å². The van der Waals surface area contributed by atoms with E-state index in [2.05, 4.69) is 10.6 Å². The molecule has 1 amide bonds. The fraction of sp³-hybridized carbons (Fsp3) is 0.375. The highest BCUT2D eigenvalue weighted by atomic mass is 16.5. The summed E-state index contributed by atoms with van der Waals surface area (Å²) in [4.78, 5) is 36.6. The van der Waals surface area contributed by atoms with Gasteiger partial charge in [0.2, 0.25) is 0 Å². The zero-order chi connectivity index (χ0) is 22.6. The zero-order valence-electron chi connectivity index (χ0n) is 17.9. The summed E-state index contributed by atoms with van der Waals surface area (Å²) in [6, 6.07) is 16.9. The summed E-state index contributed by atoms with van der Waals surface area (Å²) in [5.41, 5.74) is 1.71. The van der Waals surface area contributed by atoms with Crippen molar-refractivity contribution in [2.24, 2.45) is 5.92 Å². The lowest BCUT2D eigenvalue weighted by Gasteiger charge is -2.20. The first kappa shape index (κ1) is 24.1. The fourth-order valence-electron chi connectivity index (χ4n) is 3.09. The maximum atomic E-state index is 12.8. The molecule has 0 radical (unpaired) electrons. The van der Waals surface area contributed by atoms with Gasteiger partial charge in [0.15, 0.2) is 5.78 Å². The van der Waals surface area contributed by atoms with Crippen molar-refractivity contribution in [1.29, 1.82) is 0 Å². The van der Waals surface area contributed by atoms with E-state index in [0.717, 1.165) is 11.1 Å². The van der Waals surface area contributed by atoms with Gasteiger partial charge >= 0.3 is 12.1 Å². The van der Waals surface area contributed by atoms with E-state index in [1.165, 1.54) is 0 Å². The molecule has 0 spiro atoms. The van der Waals surface area contributed by atoms with Gasteiger partial charge in [0.1, 0.15) is 12.6 Å². The number of rotatable bonds is 12. The molecule has 0 bridgehead atoms. The van der Waals surface area contributed by atoms with E-state index in [9.17, 15) is 19.5 Å². The smallest absolute Gasteiger partial charge is 0.408 e. The summed E-state index contributed by atoms with van der Waals surface area (Å²) >= 11 is 0. The third-order valence-corrected chi connectivity index (χ3v) is 4.70. The van der Waals surface area contributed by atoms with Gasteiger partial charge in [-0.2, -0.15) is 0 Å². The third kappa shape index (κ3) is 9.00. The molecule has 0 aliphatic rings. The van der Waals surface area contributed by atoms with Crippen LogP contribution in [0.5, 0.6) is 0 Å².